The lowest BCUT2D eigenvalue weighted by Gasteiger charge is -2.52. The van der Waals surface area contributed by atoms with Gasteiger partial charge in [0.25, 0.3) is 5.91 Å². The van der Waals surface area contributed by atoms with Crippen LogP contribution in [0.1, 0.15) is 41.6 Å². The molecule has 1 saturated carbocycles. The molecule has 5 rings (SSSR count). The fourth-order valence-electron chi connectivity index (χ4n) is 4.57. The lowest BCUT2D eigenvalue weighted by atomic mass is 9.77. The Morgan fingerprint density at radius 1 is 1.32 bits per heavy atom. The van der Waals surface area contributed by atoms with Gasteiger partial charge in [0.05, 0.1) is 13.2 Å². The van der Waals surface area contributed by atoms with E-state index in [1.807, 2.05) is 25.1 Å². The summed E-state index contributed by atoms with van der Waals surface area (Å²) in [5.41, 5.74) is 2.04. The molecular formula is C18H24N2O2. The number of carbonyl (C=O) groups is 1. The third-order valence-corrected chi connectivity index (χ3v) is 5.93. The van der Waals surface area contributed by atoms with Crippen molar-refractivity contribution in [1.29, 1.82) is 0 Å². The molecule has 4 nitrogen and oxygen atoms in total. The van der Waals surface area contributed by atoms with Crippen LogP contribution in [0, 0.1) is 12.8 Å². The van der Waals surface area contributed by atoms with Crippen molar-refractivity contribution in [2.45, 2.75) is 44.2 Å². The third-order valence-electron chi connectivity index (χ3n) is 5.93. The number of ether oxygens (including phenoxy) is 1. The van der Waals surface area contributed by atoms with Crippen molar-refractivity contribution < 1.29 is 9.53 Å². The zero-order chi connectivity index (χ0) is 15.3. The Hall–Kier alpha value is -1.55. The maximum Gasteiger partial charge on any atom is 0.251 e. The average molecular weight is 300 g/mol. The Kier molecular flexibility index (Phi) is 3.19. The van der Waals surface area contributed by atoms with E-state index in [0.717, 1.165) is 16.9 Å². The van der Waals surface area contributed by atoms with Gasteiger partial charge in [-0.15, -0.1) is 0 Å². The van der Waals surface area contributed by atoms with Gasteiger partial charge in [0.2, 0.25) is 0 Å². The second-order valence-electron chi connectivity index (χ2n) is 7.06. The summed E-state index contributed by atoms with van der Waals surface area (Å²) in [5, 5.41) is 3.36. The van der Waals surface area contributed by atoms with E-state index in [9.17, 15) is 4.79 Å². The molecule has 4 heteroatoms. The number of nitrogens with one attached hydrogen (secondary N) is 1. The van der Waals surface area contributed by atoms with Gasteiger partial charge < -0.3 is 10.1 Å². The van der Waals surface area contributed by atoms with E-state index in [1.54, 1.807) is 7.11 Å². The number of nitrogens with zero attached hydrogens (tertiary/aromatic N) is 1. The topological polar surface area (TPSA) is 41.6 Å². The Labute approximate surface area is 131 Å². The lowest BCUT2D eigenvalue weighted by molar-refractivity contribution is -0.00145. The molecule has 3 heterocycles. The number of hydrogen-bond donors (Lipinski definition) is 1. The van der Waals surface area contributed by atoms with Crippen molar-refractivity contribution in [3.8, 4) is 5.75 Å². The summed E-state index contributed by atoms with van der Waals surface area (Å²) in [4.78, 5) is 15.3. The van der Waals surface area contributed by atoms with Crippen LogP contribution in [0.5, 0.6) is 5.75 Å². The summed E-state index contributed by atoms with van der Waals surface area (Å²) in [6.45, 7) is 4.42. The van der Waals surface area contributed by atoms with Gasteiger partial charge in [0.15, 0.2) is 0 Å². The second-order valence-corrected chi connectivity index (χ2v) is 7.06. The van der Waals surface area contributed by atoms with E-state index >= 15 is 0 Å². The molecule has 1 N–H and O–H groups in total. The average Bonchev–Trinajstić information content (AvgIpc) is 3.32. The number of aryl methyl sites for hydroxylation is 1. The maximum atomic E-state index is 12.7. The minimum atomic E-state index is 0.0655. The summed E-state index contributed by atoms with van der Waals surface area (Å²) < 4.78 is 5.27. The first-order valence-electron chi connectivity index (χ1n) is 8.34. The first-order valence-corrected chi connectivity index (χ1v) is 8.34. The molecule has 3 saturated heterocycles. The zero-order valence-electron chi connectivity index (χ0n) is 13.4. The molecule has 1 atom stereocenters. The van der Waals surface area contributed by atoms with Crippen molar-refractivity contribution in [2.24, 2.45) is 5.92 Å². The summed E-state index contributed by atoms with van der Waals surface area (Å²) in [5.74, 6) is 1.56. The first-order chi connectivity index (χ1) is 10.6. The van der Waals surface area contributed by atoms with E-state index in [2.05, 4.69) is 10.2 Å². The monoisotopic (exact) mass is 300 g/mol. The molecule has 118 valence electrons. The lowest BCUT2D eigenvalue weighted by Crippen LogP contribution is -2.65. The van der Waals surface area contributed by atoms with Gasteiger partial charge in [-0.3, -0.25) is 9.69 Å². The first kappa shape index (κ1) is 14.1. The Balaban J connectivity index is 1.53. The minimum Gasteiger partial charge on any atom is -0.496 e. The highest BCUT2D eigenvalue weighted by Crippen LogP contribution is 2.53. The molecule has 2 bridgehead atoms. The van der Waals surface area contributed by atoms with Crippen molar-refractivity contribution in [2.75, 3.05) is 20.2 Å². The molecule has 22 heavy (non-hydrogen) atoms. The standard InChI is InChI=1S/C18H24N2O2/c1-12-11-14(3-4-15(12)22-2)17(21)19-16-13-5-9-20(10-6-13)18(16)7-8-18/h3-4,11,13,16H,5-10H2,1-2H3,(H,19,21). The highest BCUT2D eigenvalue weighted by atomic mass is 16.5. The Bertz CT molecular complexity index is 601. The van der Waals surface area contributed by atoms with Crippen LogP contribution in [0.4, 0.5) is 0 Å². The highest BCUT2D eigenvalue weighted by Gasteiger charge is 2.60. The van der Waals surface area contributed by atoms with Crippen molar-refractivity contribution in [3.63, 3.8) is 0 Å². The fourth-order valence-corrected chi connectivity index (χ4v) is 4.57. The molecule has 1 aromatic carbocycles. The smallest absolute Gasteiger partial charge is 0.251 e. The molecule has 4 aliphatic rings. The highest BCUT2D eigenvalue weighted by molar-refractivity contribution is 5.95. The molecule has 1 aliphatic carbocycles. The van der Waals surface area contributed by atoms with Crippen LogP contribution in [0.2, 0.25) is 0 Å². The second kappa shape index (κ2) is 4.98. The minimum absolute atomic E-state index is 0.0655. The number of benzene rings is 1. The molecule has 1 unspecified atom stereocenters. The number of carbonyl (C=O) groups excluding carboxylic acids is 1. The van der Waals surface area contributed by atoms with Gasteiger partial charge >= 0.3 is 0 Å². The van der Waals surface area contributed by atoms with Crippen LogP contribution in [0.15, 0.2) is 18.2 Å². The fraction of sp³-hybridized carbons (Fsp3) is 0.611. The number of rotatable bonds is 3. The van der Waals surface area contributed by atoms with E-state index in [1.165, 1.54) is 38.8 Å². The largest absolute Gasteiger partial charge is 0.496 e. The van der Waals surface area contributed by atoms with Crippen LogP contribution < -0.4 is 10.1 Å². The molecule has 4 fully saturated rings. The molecule has 0 radical (unpaired) electrons. The summed E-state index contributed by atoms with van der Waals surface area (Å²) in [6.07, 6.45) is 4.95. The van der Waals surface area contributed by atoms with Gasteiger partial charge in [-0.1, -0.05) is 0 Å². The van der Waals surface area contributed by atoms with Crippen LogP contribution in [0.25, 0.3) is 0 Å². The molecule has 1 aromatic rings. The molecule has 1 amide bonds. The van der Waals surface area contributed by atoms with Gasteiger partial charge in [0, 0.05) is 11.1 Å². The third kappa shape index (κ3) is 2.04. The number of methoxy groups -OCH3 is 1. The number of amides is 1. The predicted molar refractivity (Wildman–Crippen MR) is 85.2 cm³/mol. The number of hydrogen-bond acceptors (Lipinski definition) is 3. The predicted octanol–water partition coefficient (Wildman–Crippen LogP) is 2.36. The Morgan fingerprint density at radius 3 is 2.64 bits per heavy atom. The molecule has 3 aliphatic heterocycles. The normalized spacial score (nSPS) is 31.1. The Morgan fingerprint density at radius 2 is 2.05 bits per heavy atom. The van der Waals surface area contributed by atoms with E-state index in [-0.39, 0.29) is 5.91 Å². The van der Waals surface area contributed by atoms with Crippen LogP contribution >= 0.6 is 0 Å². The van der Waals surface area contributed by atoms with Crippen molar-refractivity contribution in [1.82, 2.24) is 10.2 Å². The summed E-state index contributed by atoms with van der Waals surface area (Å²) in [7, 11) is 1.66. The summed E-state index contributed by atoms with van der Waals surface area (Å²) in [6, 6.07) is 6.01. The SMILES string of the molecule is COc1ccc(C(=O)NC2C3CCN(CC3)C23CC3)cc1C. The van der Waals surface area contributed by atoms with Gasteiger partial charge in [0.1, 0.15) is 5.75 Å². The molecule has 1 spiro atoms. The zero-order valence-corrected chi connectivity index (χ0v) is 13.4. The quantitative estimate of drug-likeness (QED) is 0.932. The number of fused-ring (bicyclic) bond motifs is 2. The van der Waals surface area contributed by atoms with Gasteiger partial charge in [-0.2, -0.15) is 0 Å². The molecular weight excluding hydrogens is 276 g/mol. The van der Waals surface area contributed by atoms with E-state index in [4.69, 9.17) is 4.74 Å². The number of piperidine rings is 3. The van der Waals surface area contributed by atoms with Gasteiger partial charge in [-0.05, 0) is 75.4 Å². The van der Waals surface area contributed by atoms with E-state index in [0.29, 0.717) is 17.5 Å². The van der Waals surface area contributed by atoms with Crippen molar-refractivity contribution in [3.05, 3.63) is 29.3 Å². The van der Waals surface area contributed by atoms with E-state index < -0.39 is 0 Å². The van der Waals surface area contributed by atoms with Crippen LogP contribution in [-0.2, 0) is 0 Å². The van der Waals surface area contributed by atoms with Crippen LogP contribution in [0.3, 0.4) is 0 Å². The maximum absolute atomic E-state index is 12.7. The summed E-state index contributed by atoms with van der Waals surface area (Å²) >= 11 is 0. The van der Waals surface area contributed by atoms with Crippen molar-refractivity contribution >= 4 is 5.91 Å². The molecule has 0 aromatic heterocycles. The van der Waals surface area contributed by atoms with Crippen LogP contribution in [-0.4, -0.2) is 42.6 Å². The van der Waals surface area contributed by atoms with Gasteiger partial charge in [-0.25, -0.2) is 0 Å².